The molecule has 1 aliphatic heterocycles. The number of piperidine rings is 1. The number of carbonyl (C=O) groups excluding carboxylic acids is 1. The molecule has 1 aromatic heterocycles. The van der Waals surface area contributed by atoms with Gasteiger partial charge in [-0.2, -0.15) is 5.10 Å². The Kier molecular flexibility index (Phi) is 6.57. The molecule has 0 spiro atoms. The molecular formula is C21H30N4O3. The number of nitrogens with zero attached hydrogens (tertiary/aromatic N) is 2. The normalized spacial score (nSPS) is 17.0. The Morgan fingerprint density at radius 3 is 2.61 bits per heavy atom. The van der Waals surface area contributed by atoms with Crippen LogP contribution in [0.1, 0.15) is 45.2 Å². The smallest absolute Gasteiger partial charge is 0.248 e. The summed E-state index contributed by atoms with van der Waals surface area (Å²) in [6.07, 6.45) is 5.02. The molecule has 1 unspecified atom stereocenters. The number of aromatic nitrogens is 2. The van der Waals surface area contributed by atoms with E-state index in [2.05, 4.69) is 15.7 Å². The van der Waals surface area contributed by atoms with Crippen LogP contribution in [0, 0.1) is 0 Å². The van der Waals surface area contributed by atoms with E-state index in [9.17, 15) is 4.79 Å². The van der Waals surface area contributed by atoms with Crippen molar-refractivity contribution in [2.45, 2.75) is 45.2 Å². The van der Waals surface area contributed by atoms with Gasteiger partial charge < -0.3 is 20.1 Å². The number of amides is 1. The molecule has 1 atom stereocenters. The van der Waals surface area contributed by atoms with Crippen LogP contribution in [0.5, 0.6) is 11.5 Å². The number of carbonyl (C=O) groups is 1. The number of nitrogens with one attached hydrogen (secondary N) is 2. The van der Waals surface area contributed by atoms with E-state index in [1.165, 1.54) is 0 Å². The zero-order chi connectivity index (χ0) is 20.0. The maximum Gasteiger partial charge on any atom is 0.248 e. The zero-order valence-corrected chi connectivity index (χ0v) is 16.9. The van der Waals surface area contributed by atoms with Gasteiger partial charge in [-0.1, -0.05) is 6.07 Å². The molecule has 0 aliphatic carbocycles. The van der Waals surface area contributed by atoms with Gasteiger partial charge in [0.1, 0.15) is 5.54 Å². The maximum absolute atomic E-state index is 13.3. The van der Waals surface area contributed by atoms with Gasteiger partial charge in [-0.25, -0.2) is 0 Å². The molecule has 2 heterocycles. The Labute approximate surface area is 166 Å². The van der Waals surface area contributed by atoms with E-state index in [4.69, 9.17) is 9.47 Å². The van der Waals surface area contributed by atoms with Gasteiger partial charge in [-0.3, -0.25) is 9.48 Å². The van der Waals surface area contributed by atoms with E-state index in [-0.39, 0.29) is 11.9 Å². The molecule has 152 valence electrons. The highest BCUT2D eigenvalue weighted by Gasteiger charge is 2.42. The minimum absolute atomic E-state index is 0.00274. The second-order valence-corrected chi connectivity index (χ2v) is 7.00. The summed E-state index contributed by atoms with van der Waals surface area (Å²) in [6, 6.07) is 7.52. The quantitative estimate of drug-likeness (QED) is 0.729. The van der Waals surface area contributed by atoms with E-state index in [1.807, 2.05) is 51.2 Å². The van der Waals surface area contributed by atoms with Gasteiger partial charge >= 0.3 is 0 Å². The van der Waals surface area contributed by atoms with E-state index in [0.717, 1.165) is 24.4 Å². The Hall–Kier alpha value is -2.54. The molecule has 1 aromatic carbocycles. The Bertz CT molecular complexity index is 770. The van der Waals surface area contributed by atoms with Gasteiger partial charge in [-0.05, 0) is 70.5 Å². The largest absolute Gasteiger partial charge is 0.490 e. The summed E-state index contributed by atoms with van der Waals surface area (Å²) in [4.78, 5) is 13.3. The van der Waals surface area contributed by atoms with Crippen molar-refractivity contribution in [3.05, 3.63) is 42.2 Å². The number of ether oxygens (including phenoxy) is 2. The Morgan fingerprint density at radius 1 is 1.25 bits per heavy atom. The van der Waals surface area contributed by atoms with Crippen molar-refractivity contribution >= 4 is 5.91 Å². The lowest BCUT2D eigenvalue weighted by molar-refractivity contribution is -0.132. The monoisotopic (exact) mass is 386 g/mol. The predicted octanol–water partition coefficient (Wildman–Crippen LogP) is 2.64. The minimum Gasteiger partial charge on any atom is -0.490 e. The number of hydrogen-bond acceptors (Lipinski definition) is 5. The summed E-state index contributed by atoms with van der Waals surface area (Å²) in [5, 5.41) is 10.9. The second kappa shape index (κ2) is 9.10. The molecular weight excluding hydrogens is 356 g/mol. The third kappa shape index (κ3) is 4.14. The lowest BCUT2D eigenvalue weighted by atomic mass is 9.87. The van der Waals surface area contributed by atoms with Gasteiger partial charge in [0.2, 0.25) is 5.91 Å². The highest BCUT2D eigenvalue weighted by Crippen LogP contribution is 2.32. The first-order chi connectivity index (χ1) is 13.6. The Balaban J connectivity index is 1.80. The highest BCUT2D eigenvalue weighted by molar-refractivity contribution is 5.85. The summed E-state index contributed by atoms with van der Waals surface area (Å²) in [5.74, 6) is 1.42. The molecule has 0 bridgehead atoms. The van der Waals surface area contributed by atoms with E-state index >= 15 is 0 Å². The fraction of sp³-hybridized carbons (Fsp3) is 0.524. The first-order valence-electron chi connectivity index (χ1n) is 10.0. The van der Waals surface area contributed by atoms with Gasteiger partial charge in [0.15, 0.2) is 11.5 Å². The third-order valence-corrected chi connectivity index (χ3v) is 5.21. The molecule has 28 heavy (non-hydrogen) atoms. The first kappa shape index (κ1) is 20.2. The Morgan fingerprint density at radius 2 is 1.96 bits per heavy atom. The van der Waals surface area contributed by atoms with E-state index in [0.29, 0.717) is 31.8 Å². The molecule has 1 amide bonds. The standard InChI is InChI=1S/C21H30N4O3/c1-4-27-18-8-7-17(15-19(18)28-5-2)16(3)24-20(26)21(9-12-22-13-10-21)25-14-6-11-23-25/h6-8,11,14-16,22H,4-5,9-10,12-13H2,1-3H3,(H,24,26). The third-order valence-electron chi connectivity index (χ3n) is 5.21. The summed E-state index contributed by atoms with van der Waals surface area (Å²) in [6.45, 7) is 8.59. The summed E-state index contributed by atoms with van der Waals surface area (Å²) >= 11 is 0. The molecule has 7 nitrogen and oxygen atoms in total. The molecule has 0 saturated carbocycles. The van der Waals surface area contributed by atoms with Crippen molar-refractivity contribution in [1.82, 2.24) is 20.4 Å². The molecule has 1 fully saturated rings. The van der Waals surface area contributed by atoms with Crippen LogP contribution in [0.2, 0.25) is 0 Å². The van der Waals surface area contributed by atoms with Crippen molar-refractivity contribution in [3.63, 3.8) is 0 Å². The molecule has 1 aliphatic rings. The zero-order valence-electron chi connectivity index (χ0n) is 16.9. The fourth-order valence-electron chi connectivity index (χ4n) is 3.67. The molecule has 7 heteroatoms. The van der Waals surface area contributed by atoms with Gasteiger partial charge in [0.05, 0.1) is 19.3 Å². The predicted molar refractivity (Wildman–Crippen MR) is 108 cm³/mol. The lowest BCUT2D eigenvalue weighted by Gasteiger charge is -2.37. The van der Waals surface area contributed by atoms with Crippen LogP contribution in [0.3, 0.4) is 0 Å². The number of benzene rings is 1. The highest BCUT2D eigenvalue weighted by atomic mass is 16.5. The van der Waals surface area contributed by atoms with Crippen molar-refractivity contribution < 1.29 is 14.3 Å². The SMILES string of the molecule is CCOc1ccc(C(C)NC(=O)C2(n3cccn3)CCNCC2)cc1OCC. The lowest BCUT2D eigenvalue weighted by Crippen LogP contribution is -2.55. The number of hydrogen-bond donors (Lipinski definition) is 2. The molecule has 0 radical (unpaired) electrons. The van der Waals surface area contributed by atoms with Crippen LogP contribution in [0.4, 0.5) is 0 Å². The van der Waals surface area contributed by atoms with Crippen LogP contribution in [0.25, 0.3) is 0 Å². The fourth-order valence-corrected chi connectivity index (χ4v) is 3.67. The molecule has 2 N–H and O–H groups in total. The van der Waals surface area contributed by atoms with Crippen LogP contribution < -0.4 is 20.1 Å². The average Bonchev–Trinajstić information content (AvgIpc) is 3.25. The summed E-state index contributed by atoms with van der Waals surface area (Å²) < 4.78 is 13.2. The molecule has 2 aromatic rings. The van der Waals surface area contributed by atoms with Crippen LogP contribution >= 0.6 is 0 Å². The summed E-state index contributed by atoms with van der Waals surface area (Å²) in [5.41, 5.74) is 0.321. The van der Waals surface area contributed by atoms with Crippen molar-refractivity contribution in [3.8, 4) is 11.5 Å². The topological polar surface area (TPSA) is 77.4 Å². The van der Waals surface area contributed by atoms with Crippen molar-refractivity contribution in [2.75, 3.05) is 26.3 Å². The first-order valence-corrected chi connectivity index (χ1v) is 10.0. The van der Waals surface area contributed by atoms with Gasteiger partial charge in [-0.15, -0.1) is 0 Å². The minimum atomic E-state index is -0.656. The second-order valence-electron chi connectivity index (χ2n) is 7.00. The van der Waals surface area contributed by atoms with Crippen LogP contribution in [0.15, 0.2) is 36.7 Å². The maximum atomic E-state index is 13.3. The van der Waals surface area contributed by atoms with Gasteiger partial charge in [0, 0.05) is 12.4 Å². The summed E-state index contributed by atoms with van der Waals surface area (Å²) in [7, 11) is 0. The van der Waals surface area contributed by atoms with E-state index in [1.54, 1.807) is 10.9 Å². The van der Waals surface area contributed by atoms with Crippen LogP contribution in [-0.4, -0.2) is 42.0 Å². The van der Waals surface area contributed by atoms with Crippen molar-refractivity contribution in [2.24, 2.45) is 0 Å². The average molecular weight is 386 g/mol. The van der Waals surface area contributed by atoms with Crippen molar-refractivity contribution in [1.29, 1.82) is 0 Å². The number of rotatable bonds is 8. The van der Waals surface area contributed by atoms with Gasteiger partial charge in [0.25, 0.3) is 0 Å². The van der Waals surface area contributed by atoms with Crippen LogP contribution in [-0.2, 0) is 10.3 Å². The molecule has 3 rings (SSSR count). The van der Waals surface area contributed by atoms with E-state index < -0.39 is 5.54 Å². The molecule has 1 saturated heterocycles.